The van der Waals surface area contributed by atoms with Crippen LogP contribution in [0.3, 0.4) is 0 Å². The number of nitrogens with one attached hydrogen (secondary N) is 1. The number of nitrogens with zero attached hydrogens (tertiary/aromatic N) is 3. The molecule has 0 atom stereocenters. The monoisotopic (exact) mass is 340 g/mol. The lowest BCUT2D eigenvalue weighted by molar-refractivity contribution is 0.0637. The number of carbonyl (C=O) groups excluding carboxylic acids is 1. The van der Waals surface area contributed by atoms with E-state index in [0.29, 0.717) is 24.5 Å². The van der Waals surface area contributed by atoms with Crippen LogP contribution in [-0.4, -0.2) is 58.4 Å². The molecular formula is C19H24N4O2. The van der Waals surface area contributed by atoms with E-state index in [-0.39, 0.29) is 5.91 Å². The number of H-pyrrole nitrogens is 1. The topological polar surface area (TPSA) is 69.3 Å². The summed E-state index contributed by atoms with van der Waals surface area (Å²) in [4.78, 5) is 35.5. The highest BCUT2D eigenvalue weighted by atomic mass is 16.2. The SMILES string of the molecule is CCN1CCN(C(=O)c2cc(-c3ccc(C)cc3C)nc(=O)[nH]2)CC1. The predicted molar refractivity (Wildman–Crippen MR) is 97.8 cm³/mol. The third-order valence-corrected chi connectivity index (χ3v) is 4.74. The number of amides is 1. The summed E-state index contributed by atoms with van der Waals surface area (Å²) < 4.78 is 0. The quantitative estimate of drug-likeness (QED) is 0.925. The second-order valence-corrected chi connectivity index (χ2v) is 6.53. The second kappa shape index (κ2) is 7.19. The summed E-state index contributed by atoms with van der Waals surface area (Å²) >= 11 is 0. The fraction of sp³-hybridized carbons (Fsp3) is 0.421. The van der Waals surface area contributed by atoms with Crippen LogP contribution in [0.4, 0.5) is 0 Å². The van der Waals surface area contributed by atoms with Gasteiger partial charge in [0.05, 0.1) is 5.69 Å². The first-order valence-corrected chi connectivity index (χ1v) is 8.68. The molecule has 0 radical (unpaired) electrons. The third kappa shape index (κ3) is 3.79. The standard InChI is InChI=1S/C19H24N4O2/c1-4-22-7-9-23(10-8-22)18(24)17-12-16(20-19(25)21-17)15-6-5-13(2)11-14(15)3/h5-6,11-12H,4,7-10H2,1-3H3,(H,20,21,25). The maximum absolute atomic E-state index is 12.8. The normalized spacial score (nSPS) is 15.4. The molecule has 25 heavy (non-hydrogen) atoms. The van der Waals surface area contributed by atoms with Gasteiger partial charge in [0.1, 0.15) is 5.69 Å². The predicted octanol–water partition coefficient (Wildman–Crippen LogP) is 1.83. The van der Waals surface area contributed by atoms with Crippen LogP contribution in [0.2, 0.25) is 0 Å². The van der Waals surface area contributed by atoms with Gasteiger partial charge in [-0.15, -0.1) is 0 Å². The lowest BCUT2D eigenvalue weighted by Crippen LogP contribution is -2.48. The molecule has 6 heteroatoms. The van der Waals surface area contributed by atoms with Crippen molar-refractivity contribution in [3.8, 4) is 11.3 Å². The van der Waals surface area contributed by atoms with E-state index in [0.717, 1.165) is 36.3 Å². The highest BCUT2D eigenvalue weighted by Crippen LogP contribution is 2.22. The highest BCUT2D eigenvalue weighted by Gasteiger charge is 2.22. The van der Waals surface area contributed by atoms with Crippen LogP contribution in [-0.2, 0) is 0 Å². The van der Waals surface area contributed by atoms with E-state index in [4.69, 9.17) is 0 Å². The number of piperazine rings is 1. The molecule has 0 bridgehead atoms. The average molecular weight is 340 g/mol. The Balaban J connectivity index is 1.89. The maximum Gasteiger partial charge on any atom is 0.346 e. The van der Waals surface area contributed by atoms with Crippen molar-refractivity contribution in [2.24, 2.45) is 0 Å². The summed E-state index contributed by atoms with van der Waals surface area (Å²) in [7, 11) is 0. The molecule has 132 valence electrons. The zero-order valence-corrected chi connectivity index (χ0v) is 15.0. The summed E-state index contributed by atoms with van der Waals surface area (Å²) in [5, 5.41) is 0. The summed E-state index contributed by atoms with van der Waals surface area (Å²) in [5.41, 5.74) is 3.41. The molecule has 1 saturated heterocycles. The largest absolute Gasteiger partial charge is 0.346 e. The van der Waals surface area contributed by atoms with Crippen LogP contribution in [0.5, 0.6) is 0 Å². The molecule has 0 saturated carbocycles. The van der Waals surface area contributed by atoms with E-state index in [2.05, 4.69) is 21.8 Å². The minimum atomic E-state index is -0.493. The van der Waals surface area contributed by atoms with Crippen molar-refractivity contribution in [2.75, 3.05) is 32.7 Å². The van der Waals surface area contributed by atoms with Gasteiger partial charge in [0.2, 0.25) is 0 Å². The summed E-state index contributed by atoms with van der Waals surface area (Å²) in [5.74, 6) is -0.138. The molecule has 0 aliphatic carbocycles. The van der Waals surface area contributed by atoms with Crippen LogP contribution >= 0.6 is 0 Å². The first-order valence-electron chi connectivity index (χ1n) is 8.68. The summed E-state index contributed by atoms with van der Waals surface area (Å²) in [6, 6.07) is 7.66. The van der Waals surface area contributed by atoms with Gasteiger partial charge >= 0.3 is 5.69 Å². The molecule has 1 aliphatic rings. The van der Waals surface area contributed by atoms with Crippen molar-refractivity contribution in [1.29, 1.82) is 0 Å². The van der Waals surface area contributed by atoms with Gasteiger partial charge in [0.25, 0.3) is 5.91 Å². The van der Waals surface area contributed by atoms with Gasteiger partial charge in [0.15, 0.2) is 0 Å². The number of likely N-dealkylation sites (N-methyl/N-ethyl adjacent to an activating group) is 1. The smallest absolute Gasteiger partial charge is 0.335 e. The minimum Gasteiger partial charge on any atom is -0.335 e. The van der Waals surface area contributed by atoms with Crippen molar-refractivity contribution in [3.05, 3.63) is 51.6 Å². The number of aromatic amines is 1. The van der Waals surface area contributed by atoms with E-state index in [1.807, 2.05) is 32.0 Å². The van der Waals surface area contributed by atoms with E-state index < -0.39 is 5.69 Å². The molecular weight excluding hydrogens is 316 g/mol. The fourth-order valence-electron chi connectivity index (χ4n) is 3.25. The summed E-state index contributed by atoms with van der Waals surface area (Å²) in [6.07, 6.45) is 0. The molecule has 1 aromatic carbocycles. The lowest BCUT2D eigenvalue weighted by atomic mass is 10.0. The Labute approximate surface area is 147 Å². The van der Waals surface area contributed by atoms with E-state index in [1.54, 1.807) is 11.0 Å². The van der Waals surface area contributed by atoms with E-state index in [9.17, 15) is 9.59 Å². The van der Waals surface area contributed by atoms with Crippen molar-refractivity contribution in [3.63, 3.8) is 0 Å². The number of hydrogen-bond acceptors (Lipinski definition) is 4. The van der Waals surface area contributed by atoms with Gasteiger partial charge in [-0.3, -0.25) is 4.79 Å². The van der Waals surface area contributed by atoms with Gasteiger partial charge in [-0.1, -0.05) is 30.7 Å². The number of benzene rings is 1. The molecule has 1 N–H and O–H groups in total. The molecule has 2 heterocycles. The Kier molecular flexibility index (Phi) is 4.99. The lowest BCUT2D eigenvalue weighted by Gasteiger charge is -2.33. The molecule has 2 aromatic rings. The Morgan fingerprint density at radius 3 is 2.52 bits per heavy atom. The Morgan fingerprint density at radius 1 is 1.16 bits per heavy atom. The van der Waals surface area contributed by atoms with Crippen molar-refractivity contribution in [1.82, 2.24) is 19.8 Å². The zero-order valence-electron chi connectivity index (χ0n) is 15.0. The van der Waals surface area contributed by atoms with Gasteiger partial charge in [-0.05, 0) is 32.0 Å². The third-order valence-electron chi connectivity index (χ3n) is 4.74. The zero-order chi connectivity index (χ0) is 18.0. The fourth-order valence-corrected chi connectivity index (χ4v) is 3.25. The van der Waals surface area contributed by atoms with Crippen molar-refractivity contribution < 1.29 is 4.79 Å². The Morgan fingerprint density at radius 2 is 1.88 bits per heavy atom. The number of hydrogen-bond donors (Lipinski definition) is 1. The molecule has 1 fully saturated rings. The van der Waals surface area contributed by atoms with Gasteiger partial charge in [-0.25, -0.2) is 4.79 Å². The number of rotatable bonds is 3. The maximum atomic E-state index is 12.8. The summed E-state index contributed by atoms with van der Waals surface area (Å²) in [6.45, 7) is 10.2. The first-order chi connectivity index (χ1) is 12.0. The molecule has 1 amide bonds. The van der Waals surface area contributed by atoms with E-state index >= 15 is 0 Å². The van der Waals surface area contributed by atoms with Gasteiger partial charge in [0, 0.05) is 31.7 Å². The molecule has 3 rings (SSSR count). The number of carbonyl (C=O) groups is 1. The van der Waals surface area contributed by atoms with Gasteiger partial charge < -0.3 is 14.8 Å². The number of aromatic nitrogens is 2. The van der Waals surface area contributed by atoms with Crippen molar-refractivity contribution in [2.45, 2.75) is 20.8 Å². The Hall–Kier alpha value is -2.47. The highest BCUT2D eigenvalue weighted by molar-refractivity contribution is 5.93. The first kappa shape index (κ1) is 17.4. The van der Waals surface area contributed by atoms with Crippen LogP contribution < -0.4 is 5.69 Å². The van der Waals surface area contributed by atoms with E-state index in [1.165, 1.54) is 0 Å². The van der Waals surface area contributed by atoms with Crippen molar-refractivity contribution >= 4 is 5.91 Å². The molecule has 0 spiro atoms. The van der Waals surface area contributed by atoms with Crippen LogP contribution in [0.1, 0.15) is 28.5 Å². The van der Waals surface area contributed by atoms with Crippen LogP contribution in [0, 0.1) is 13.8 Å². The van der Waals surface area contributed by atoms with Gasteiger partial charge in [-0.2, -0.15) is 4.98 Å². The minimum absolute atomic E-state index is 0.138. The average Bonchev–Trinajstić information content (AvgIpc) is 2.60. The molecule has 0 unspecified atom stereocenters. The molecule has 6 nitrogen and oxygen atoms in total. The Bertz CT molecular complexity index is 836. The second-order valence-electron chi connectivity index (χ2n) is 6.53. The number of aryl methyl sites for hydroxylation is 2. The molecule has 1 aliphatic heterocycles. The van der Waals surface area contributed by atoms with Crippen LogP contribution in [0.15, 0.2) is 29.1 Å². The van der Waals surface area contributed by atoms with Crippen LogP contribution in [0.25, 0.3) is 11.3 Å². The molecule has 1 aromatic heterocycles.